The van der Waals surface area contributed by atoms with Crippen molar-refractivity contribution < 1.29 is 19.4 Å². The summed E-state index contributed by atoms with van der Waals surface area (Å²) in [5, 5.41) is 22.0. The normalized spacial score (nSPS) is 10.7. The molecule has 0 unspecified atom stereocenters. The summed E-state index contributed by atoms with van der Waals surface area (Å²) < 4.78 is 11.2. The molecule has 2 heterocycles. The lowest BCUT2D eigenvalue weighted by Gasteiger charge is -2.14. The number of nitrogens with zero attached hydrogens (tertiary/aromatic N) is 3. The minimum atomic E-state index is -0.389. The molecule has 4 rings (SSSR count). The molecule has 0 fully saturated rings. The molecule has 0 aliphatic rings. The molecule has 10 heteroatoms. The van der Waals surface area contributed by atoms with Gasteiger partial charge in [-0.25, -0.2) is 0 Å². The molecule has 0 atom stereocenters. The van der Waals surface area contributed by atoms with E-state index < -0.39 is 0 Å². The molecule has 1 amide bonds. The average molecular weight is 497 g/mol. The van der Waals surface area contributed by atoms with Crippen LogP contribution in [0.25, 0.3) is 11.1 Å². The Bertz CT molecular complexity index is 1310. The summed E-state index contributed by atoms with van der Waals surface area (Å²) in [4.78, 5) is 17.4. The number of hydrogen-bond acceptors (Lipinski definition) is 8. The fourth-order valence-electron chi connectivity index (χ4n) is 3.23. The van der Waals surface area contributed by atoms with Gasteiger partial charge in [0, 0.05) is 28.0 Å². The molecular weight excluding hydrogens is 476 g/mol. The highest BCUT2D eigenvalue weighted by Crippen LogP contribution is 2.34. The molecule has 2 N–H and O–H groups in total. The van der Waals surface area contributed by atoms with Crippen LogP contribution in [0.4, 0.5) is 5.13 Å². The smallest absolute Gasteiger partial charge is 0.259 e. The molecule has 8 nitrogen and oxygen atoms in total. The van der Waals surface area contributed by atoms with E-state index in [0.29, 0.717) is 48.9 Å². The molecule has 2 aromatic heterocycles. The van der Waals surface area contributed by atoms with Crippen LogP contribution in [0.2, 0.25) is 5.02 Å². The van der Waals surface area contributed by atoms with Gasteiger partial charge in [-0.05, 0) is 55.0 Å². The molecule has 0 radical (unpaired) electrons. The number of pyridine rings is 1. The van der Waals surface area contributed by atoms with E-state index >= 15 is 0 Å². The van der Waals surface area contributed by atoms with E-state index in [1.165, 1.54) is 17.5 Å². The Morgan fingerprint density at radius 3 is 2.65 bits per heavy atom. The Labute approximate surface area is 205 Å². The Kier molecular flexibility index (Phi) is 7.36. The van der Waals surface area contributed by atoms with Crippen molar-refractivity contribution in [1.29, 1.82) is 0 Å². The third kappa shape index (κ3) is 5.51. The highest BCUT2D eigenvalue weighted by molar-refractivity contribution is 7.15. The van der Waals surface area contributed by atoms with Crippen LogP contribution in [0.15, 0.2) is 54.7 Å². The summed E-state index contributed by atoms with van der Waals surface area (Å²) in [5.74, 6) is 0.842. The third-order valence-corrected chi connectivity index (χ3v) is 5.95. The molecule has 0 aliphatic carbocycles. The third-order valence-electron chi connectivity index (χ3n) is 4.89. The zero-order valence-corrected chi connectivity index (χ0v) is 20.0. The molecule has 0 saturated heterocycles. The molecule has 0 spiro atoms. The number of ether oxygens (including phenoxy) is 2. The van der Waals surface area contributed by atoms with Gasteiger partial charge in [-0.1, -0.05) is 29.0 Å². The Balaban J connectivity index is 1.54. The van der Waals surface area contributed by atoms with Gasteiger partial charge in [0.25, 0.3) is 5.91 Å². The van der Waals surface area contributed by atoms with Crippen LogP contribution in [-0.2, 0) is 13.2 Å². The van der Waals surface area contributed by atoms with Crippen LogP contribution in [-0.4, -0.2) is 33.3 Å². The van der Waals surface area contributed by atoms with Crippen LogP contribution in [0.3, 0.4) is 0 Å². The number of halogens is 1. The number of rotatable bonds is 8. The van der Waals surface area contributed by atoms with Crippen molar-refractivity contribution in [2.24, 2.45) is 0 Å². The number of amides is 1. The Morgan fingerprint density at radius 2 is 1.91 bits per heavy atom. The number of aliphatic hydroxyl groups is 1. The highest BCUT2D eigenvalue weighted by atomic mass is 35.5. The van der Waals surface area contributed by atoms with Crippen LogP contribution < -0.4 is 14.8 Å². The second kappa shape index (κ2) is 10.6. The van der Waals surface area contributed by atoms with Gasteiger partial charge >= 0.3 is 0 Å². The van der Waals surface area contributed by atoms with E-state index in [0.717, 1.165) is 5.69 Å². The number of aromatic nitrogens is 3. The van der Waals surface area contributed by atoms with Gasteiger partial charge in [0.05, 0.1) is 19.3 Å². The molecule has 0 saturated carbocycles. The second-order valence-corrected chi connectivity index (χ2v) is 8.76. The van der Waals surface area contributed by atoms with Gasteiger partial charge in [0.2, 0.25) is 5.13 Å². The Morgan fingerprint density at radius 1 is 1.12 bits per heavy atom. The lowest BCUT2D eigenvalue weighted by molar-refractivity contribution is 0.102. The molecule has 2 aromatic carbocycles. The number of carbonyl (C=O) groups is 1. The van der Waals surface area contributed by atoms with Crippen LogP contribution in [0, 0.1) is 6.92 Å². The number of methoxy groups -OCH3 is 1. The van der Waals surface area contributed by atoms with Gasteiger partial charge in [0.15, 0.2) is 5.01 Å². The fourth-order valence-corrected chi connectivity index (χ4v) is 4.00. The van der Waals surface area contributed by atoms with E-state index in [4.69, 9.17) is 21.1 Å². The highest BCUT2D eigenvalue weighted by Gasteiger charge is 2.19. The maximum absolute atomic E-state index is 13.1. The summed E-state index contributed by atoms with van der Waals surface area (Å²) in [6, 6.07) is 14.1. The summed E-state index contributed by atoms with van der Waals surface area (Å²) in [6.07, 6.45) is 1.51. The van der Waals surface area contributed by atoms with Gasteiger partial charge in [-0.15, -0.1) is 10.2 Å². The van der Waals surface area contributed by atoms with Crippen molar-refractivity contribution in [1.82, 2.24) is 15.2 Å². The van der Waals surface area contributed by atoms with E-state index in [1.54, 1.807) is 55.6 Å². The van der Waals surface area contributed by atoms with Crippen molar-refractivity contribution in [2.45, 2.75) is 20.1 Å². The number of aliphatic hydroxyl groups excluding tert-OH is 1. The predicted molar refractivity (Wildman–Crippen MR) is 131 cm³/mol. The standard InChI is InChI=1S/C24H21ClN4O4S/c1-14-9-18(19-10-15(12-30)3-8-21(19)32-2)20(11-26-14)23(31)27-24-29-28-22(34-24)13-33-17-6-4-16(25)5-7-17/h3-11,30H,12-13H2,1-2H3,(H,27,29,31). The Hall–Kier alpha value is -3.53. The molecule has 174 valence electrons. The quantitative estimate of drug-likeness (QED) is 0.357. The van der Waals surface area contributed by atoms with Crippen LogP contribution in [0.1, 0.15) is 26.6 Å². The lowest BCUT2D eigenvalue weighted by atomic mass is 9.97. The van der Waals surface area contributed by atoms with Gasteiger partial charge in [0.1, 0.15) is 18.1 Å². The summed E-state index contributed by atoms with van der Waals surface area (Å²) in [6.45, 7) is 1.91. The number of benzene rings is 2. The molecule has 34 heavy (non-hydrogen) atoms. The maximum atomic E-state index is 13.1. The maximum Gasteiger partial charge on any atom is 0.259 e. The van der Waals surface area contributed by atoms with Gasteiger partial charge in [-0.2, -0.15) is 0 Å². The van der Waals surface area contributed by atoms with E-state index in [2.05, 4.69) is 20.5 Å². The number of nitrogens with one attached hydrogen (secondary N) is 1. The summed E-state index contributed by atoms with van der Waals surface area (Å²) in [7, 11) is 1.56. The van der Waals surface area contributed by atoms with E-state index in [-0.39, 0.29) is 19.1 Å². The van der Waals surface area contributed by atoms with E-state index in [9.17, 15) is 9.90 Å². The summed E-state index contributed by atoms with van der Waals surface area (Å²) in [5.41, 5.74) is 3.09. The topological polar surface area (TPSA) is 106 Å². The van der Waals surface area contributed by atoms with Crippen molar-refractivity contribution >= 4 is 34.0 Å². The minimum absolute atomic E-state index is 0.131. The predicted octanol–water partition coefficient (Wildman–Crippen LogP) is 4.89. The van der Waals surface area contributed by atoms with Gasteiger partial charge in [-0.3, -0.25) is 15.1 Å². The number of aryl methyl sites for hydroxylation is 1. The first-order valence-electron chi connectivity index (χ1n) is 10.2. The molecule has 0 bridgehead atoms. The summed E-state index contributed by atoms with van der Waals surface area (Å²) >= 11 is 7.10. The first kappa shape index (κ1) is 23.6. The first-order chi connectivity index (χ1) is 16.5. The van der Waals surface area contributed by atoms with Crippen LogP contribution >= 0.6 is 22.9 Å². The van der Waals surface area contributed by atoms with Crippen molar-refractivity contribution in [3.63, 3.8) is 0 Å². The zero-order valence-electron chi connectivity index (χ0n) is 18.4. The fraction of sp³-hybridized carbons (Fsp3) is 0.167. The van der Waals surface area contributed by atoms with Crippen molar-refractivity contribution in [3.05, 3.63) is 81.6 Å². The second-order valence-electron chi connectivity index (χ2n) is 7.26. The largest absolute Gasteiger partial charge is 0.496 e. The van der Waals surface area contributed by atoms with Crippen molar-refractivity contribution in [3.8, 4) is 22.6 Å². The number of hydrogen-bond donors (Lipinski definition) is 2. The van der Waals surface area contributed by atoms with Crippen LogP contribution in [0.5, 0.6) is 11.5 Å². The first-order valence-corrected chi connectivity index (χ1v) is 11.4. The van der Waals surface area contributed by atoms with Gasteiger partial charge < -0.3 is 14.6 Å². The zero-order chi connectivity index (χ0) is 24.1. The molecular formula is C24H21ClN4O4S. The monoisotopic (exact) mass is 496 g/mol. The lowest BCUT2D eigenvalue weighted by Crippen LogP contribution is -2.14. The average Bonchev–Trinajstić information content (AvgIpc) is 3.30. The number of anilines is 1. The minimum Gasteiger partial charge on any atom is -0.496 e. The van der Waals surface area contributed by atoms with E-state index in [1.807, 2.05) is 6.92 Å². The molecule has 4 aromatic rings. The molecule has 0 aliphatic heterocycles. The SMILES string of the molecule is COc1ccc(CO)cc1-c1cc(C)ncc1C(=O)Nc1nnc(COc2ccc(Cl)cc2)s1. The number of carbonyl (C=O) groups excluding carboxylic acids is 1. The van der Waals surface area contributed by atoms with Crippen molar-refractivity contribution in [2.75, 3.05) is 12.4 Å².